The minimum Gasteiger partial charge on any atom is -0.497 e. The molecule has 0 fully saturated rings. The predicted molar refractivity (Wildman–Crippen MR) is 120 cm³/mol. The van der Waals surface area contributed by atoms with Gasteiger partial charge in [0.25, 0.3) is 0 Å². The molecule has 2 aromatic carbocycles. The van der Waals surface area contributed by atoms with E-state index in [0.717, 1.165) is 11.8 Å². The second-order valence-corrected chi connectivity index (χ2v) is 9.54. The van der Waals surface area contributed by atoms with Crippen molar-refractivity contribution in [2.24, 2.45) is 0 Å². The minimum atomic E-state index is -3.83. The summed E-state index contributed by atoms with van der Waals surface area (Å²) in [6, 6.07) is 14.9. The smallest absolute Gasteiger partial charge is 0.237 e. The number of hydrogen-bond donors (Lipinski definition) is 2. The molecule has 0 saturated carbocycles. The Kier molecular flexibility index (Phi) is 7.13. The van der Waals surface area contributed by atoms with Gasteiger partial charge in [-0.2, -0.15) is 0 Å². The topological polar surface area (TPSA) is 124 Å². The summed E-state index contributed by atoms with van der Waals surface area (Å²) in [5.74, 6) is 0.307. The average Bonchev–Trinajstić information content (AvgIpc) is 2.78. The summed E-state index contributed by atoms with van der Waals surface area (Å²) < 4.78 is 30.6. The number of benzene rings is 2. The molecule has 162 valence electrons. The van der Waals surface area contributed by atoms with Crippen molar-refractivity contribution in [1.29, 1.82) is 0 Å². The highest BCUT2D eigenvalue weighted by atomic mass is 32.2. The molecule has 8 nitrogen and oxygen atoms in total. The Morgan fingerprint density at radius 3 is 2.42 bits per heavy atom. The van der Waals surface area contributed by atoms with Gasteiger partial charge in [-0.3, -0.25) is 4.79 Å². The lowest BCUT2D eigenvalue weighted by molar-refractivity contribution is -0.115. The van der Waals surface area contributed by atoms with Crippen LogP contribution in [0.15, 0.2) is 75.7 Å². The Bertz CT molecular complexity index is 1150. The maximum Gasteiger partial charge on any atom is 0.237 e. The first-order valence-electron chi connectivity index (χ1n) is 9.39. The molecule has 0 aliphatic carbocycles. The zero-order valence-corrected chi connectivity index (χ0v) is 18.6. The summed E-state index contributed by atoms with van der Waals surface area (Å²) in [5.41, 5.74) is 6.57. The van der Waals surface area contributed by atoms with Gasteiger partial charge in [-0.05, 0) is 42.8 Å². The summed E-state index contributed by atoms with van der Waals surface area (Å²) >= 11 is 1.12. The fourth-order valence-corrected chi connectivity index (χ4v) is 4.84. The molecule has 31 heavy (non-hydrogen) atoms. The molecule has 0 bridgehead atoms. The number of methoxy groups -OCH3 is 1. The van der Waals surface area contributed by atoms with Gasteiger partial charge in [0.2, 0.25) is 15.7 Å². The van der Waals surface area contributed by atoms with Gasteiger partial charge in [0.05, 0.1) is 23.5 Å². The fraction of sp³-hybridized carbons (Fsp3) is 0.190. The van der Waals surface area contributed by atoms with E-state index in [4.69, 9.17) is 10.5 Å². The number of aromatic nitrogens is 2. The minimum absolute atomic E-state index is 0.107. The summed E-state index contributed by atoms with van der Waals surface area (Å²) in [6.45, 7) is 1.86. The van der Waals surface area contributed by atoms with Crippen molar-refractivity contribution in [3.8, 4) is 5.75 Å². The van der Waals surface area contributed by atoms with Gasteiger partial charge >= 0.3 is 0 Å². The van der Waals surface area contributed by atoms with Crippen LogP contribution in [0.3, 0.4) is 0 Å². The quantitative estimate of drug-likeness (QED) is 0.389. The Labute approximate surface area is 185 Å². The predicted octanol–water partition coefficient (Wildman–Crippen LogP) is 3.41. The van der Waals surface area contributed by atoms with Gasteiger partial charge in [-0.15, -0.1) is 0 Å². The van der Waals surface area contributed by atoms with Crippen molar-refractivity contribution in [3.63, 3.8) is 0 Å². The van der Waals surface area contributed by atoms with Crippen LogP contribution in [0.1, 0.15) is 13.3 Å². The first kappa shape index (κ1) is 22.6. The molecule has 1 aromatic heterocycles. The van der Waals surface area contributed by atoms with E-state index in [0.29, 0.717) is 17.9 Å². The van der Waals surface area contributed by atoms with E-state index < -0.39 is 15.1 Å². The zero-order chi connectivity index (χ0) is 22.4. The van der Waals surface area contributed by atoms with E-state index >= 15 is 0 Å². The van der Waals surface area contributed by atoms with Crippen LogP contribution in [-0.4, -0.2) is 36.7 Å². The van der Waals surface area contributed by atoms with Crippen molar-refractivity contribution < 1.29 is 17.9 Å². The standard InChI is InChI=1S/C21H22N4O4S2/c1-3-17(20(26)24-14-9-11-15(29-2)12-10-14)30-21-23-13-18(19(22)25-21)31(27,28)16-7-5-4-6-8-16/h4-13,17H,3H2,1-2H3,(H,24,26)(H2,22,23,25)/t17-/m1/s1. The van der Waals surface area contributed by atoms with Gasteiger partial charge in [-0.25, -0.2) is 18.4 Å². The number of carbonyl (C=O) groups excluding carboxylic acids is 1. The van der Waals surface area contributed by atoms with Crippen LogP contribution in [0.5, 0.6) is 5.75 Å². The number of nitrogens with zero attached hydrogens (tertiary/aromatic N) is 2. The third-order valence-electron chi connectivity index (χ3n) is 4.37. The molecule has 0 aliphatic heterocycles. The number of carbonyl (C=O) groups is 1. The molecule has 3 N–H and O–H groups in total. The van der Waals surface area contributed by atoms with E-state index in [9.17, 15) is 13.2 Å². The lowest BCUT2D eigenvalue weighted by Gasteiger charge is -2.15. The molecule has 1 amide bonds. The number of ether oxygens (including phenoxy) is 1. The Morgan fingerprint density at radius 2 is 1.84 bits per heavy atom. The van der Waals surface area contributed by atoms with E-state index in [2.05, 4.69) is 15.3 Å². The van der Waals surface area contributed by atoms with Crippen molar-refractivity contribution >= 4 is 39.0 Å². The zero-order valence-electron chi connectivity index (χ0n) is 17.0. The van der Waals surface area contributed by atoms with Crippen LogP contribution in [0.4, 0.5) is 11.5 Å². The molecule has 0 spiro atoms. The molecular formula is C21H22N4O4S2. The van der Waals surface area contributed by atoms with Crippen molar-refractivity contribution in [1.82, 2.24) is 9.97 Å². The number of nitrogens with two attached hydrogens (primary N) is 1. The highest BCUT2D eigenvalue weighted by Gasteiger charge is 2.24. The molecule has 0 radical (unpaired) electrons. The van der Waals surface area contributed by atoms with E-state index in [1.54, 1.807) is 49.6 Å². The molecule has 0 unspecified atom stereocenters. The Balaban J connectivity index is 1.75. The normalized spacial score (nSPS) is 12.2. The van der Waals surface area contributed by atoms with Crippen molar-refractivity contribution in [2.45, 2.75) is 33.5 Å². The van der Waals surface area contributed by atoms with E-state index in [1.807, 2.05) is 6.92 Å². The van der Waals surface area contributed by atoms with Gasteiger partial charge < -0.3 is 15.8 Å². The molecule has 3 aromatic rings. The lowest BCUT2D eigenvalue weighted by atomic mass is 10.2. The van der Waals surface area contributed by atoms with Crippen LogP contribution in [0.2, 0.25) is 0 Å². The molecule has 0 aliphatic rings. The van der Waals surface area contributed by atoms with E-state index in [-0.39, 0.29) is 26.7 Å². The number of anilines is 2. The number of nitrogens with one attached hydrogen (secondary N) is 1. The molecule has 1 atom stereocenters. The highest BCUT2D eigenvalue weighted by molar-refractivity contribution is 8.00. The molecular weight excluding hydrogens is 436 g/mol. The van der Waals surface area contributed by atoms with Crippen LogP contribution in [-0.2, 0) is 14.6 Å². The van der Waals surface area contributed by atoms with Gasteiger partial charge in [-0.1, -0.05) is 36.9 Å². The van der Waals surface area contributed by atoms with Gasteiger partial charge in [0.15, 0.2) is 5.16 Å². The third kappa shape index (κ3) is 5.33. The maximum atomic E-state index is 12.8. The van der Waals surface area contributed by atoms with Crippen molar-refractivity contribution in [3.05, 3.63) is 60.8 Å². The largest absolute Gasteiger partial charge is 0.497 e. The third-order valence-corrected chi connectivity index (χ3v) is 7.40. The SMILES string of the molecule is CC[C@@H](Sc1ncc(S(=O)(=O)c2ccccc2)c(N)n1)C(=O)Nc1ccc(OC)cc1. The fourth-order valence-electron chi connectivity index (χ4n) is 2.70. The number of nitrogen functional groups attached to an aromatic ring is 1. The number of rotatable bonds is 8. The van der Waals surface area contributed by atoms with Crippen LogP contribution in [0, 0.1) is 0 Å². The number of thioether (sulfide) groups is 1. The Morgan fingerprint density at radius 1 is 1.16 bits per heavy atom. The summed E-state index contributed by atoms with van der Waals surface area (Å²) in [4.78, 5) is 20.8. The molecule has 10 heteroatoms. The maximum absolute atomic E-state index is 12.8. The summed E-state index contributed by atoms with van der Waals surface area (Å²) in [7, 11) is -2.26. The average molecular weight is 459 g/mol. The molecule has 3 rings (SSSR count). The number of sulfone groups is 1. The first-order chi connectivity index (χ1) is 14.8. The number of amides is 1. The Hall–Kier alpha value is -3.11. The van der Waals surface area contributed by atoms with E-state index in [1.165, 1.54) is 18.3 Å². The second-order valence-electron chi connectivity index (χ2n) is 6.45. The molecule has 1 heterocycles. The summed E-state index contributed by atoms with van der Waals surface area (Å²) in [5, 5.41) is 2.57. The molecule has 0 saturated heterocycles. The summed E-state index contributed by atoms with van der Waals surface area (Å²) in [6.07, 6.45) is 1.70. The van der Waals surface area contributed by atoms with Crippen LogP contribution in [0.25, 0.3) is 0 Å². The van der Waals surface area contributed by atoms with Crippen LogP contribution >= 0.6 is 11.8 Å². The van der Waals surface area contributed by atoms with Gasteiger partial charge in [0, 0.05) is 5.69 Å². The van der Waals surface area contributed by atoms with Crippen molar-refractivity contribution in [2.75, 3.05) is 18.2 Å². The van der Waals surface area contributed by atoms with Gasteiger partial charge in [0.1, 0.15) is 16.5 Å². The second kappa shape index (κ2) is 9.80. The lowest BCUT2D eigenvalue weighted by Crippen LogP contribution is -2.25. The monoisotopic (exact) mass is 458 g/mol. The van der Waals surface area contributed by atoms with Crippen LogP contribution < -0.4 is 15.8 Å². The first-order valence-corrected chi connectivity index (χ1v) is 11.8. The number of hydrogen-bond acceptors (Lipinski definition) is 8. The highest BCUT2D eigenvalue weighted by Crippen LogP contribution is 2.28.